The molecule has 0 amide bonds. The number of quaternary nitrogens is 1. The van der Waals surface area contributed by atoms with Crippen LogP contribution in [0.3, 0.4) is 0 Å². The third-order valence-electron chi connectivity index (χ3n) is 7.44. The van der Waals surface area contributed by atoms with Crippen LogP contribution in [0.15, 0.2) is 0 Å². The van der Waals surface area contributed by atoms with Crippen molar-refractivity contribution >= 4 is 19.8 Å². The van der Waals surface area contributed by atoms with Crippen LogP contribution in [0.25, 0.3) is 0 Å². The number of phosphoric acid groups is 1. The van der Waals surface area contributed by atoms with Gasteiger partial charge in [-0.25, -0.2) is 0 Å². The first-order valence-electron chi connectivity index (χ1n) is 17.2. The maximum Gasteiger partial charge on any atom is 0.306 e. The van der Waals surface area contributed by atoms with Crippen molar-refractivity contribution < 1.29 is 42.1 Å². The van der Waals surface area contributed by atoms with Crippen molar-refractivity contribution in [2.24, 2.45) is 0 Å². The van der Waals surface area contributed by atoms with Gasteiger partial charge in [0.1, 0.15) is 19.8 Å². The van der Waals surface area contributed by atoms with Crippen LogP contribution in [0.4, 0.5) is 0 Å². The van der Waals surface area contributed by atoms with E-state index < -0.39 is 32.5 Å². The van der Waals surface area contributed by atoms with E-state index in [2.05, 4.69) is 6.92 Å². The first kappa shape index (κ1) is 42.0. The van der Waals surface area contributed by atoms with Gasteiger partial charge in [-0.05, 0) is 6.42 Å². The highest BCUT2D eigenvalue weighted by Crippen LogP contribution is 2.38. The second kappa shape index (κ2) is 27.3. The Hall–Kier alpha value is -0.990. The van der Waals surface area contributed by atoms with Gasteiger partial charge in [0.2, 0.25) is 0 Å². The summed E-state index contributed by atoms with van der Waals surface area (Å²) >= 11 is 0. The number of ether oxygens (including phenoxy) is 2. The molecule has 0 saturated carbocycles. The van der Waals surface area contributed by atoms with Crippen LogP contribution in [0.1, 0.15) is 149 Å². The molecule has 0 aromatic heterocycles. The van der Waals surface area contributed by atoms with E-state index in [4.69, 9.17) is 18.5 Å². The Morgan fingerprint density at radius 3 is 1.49 bits per heavy atom. The minimum absolute atomic E-state index is 0.0296. The molecule has 2 unspecified atom stereocenters. The second-order valence-corrected chi connectivity index (χ2v) is 14.4. The maximum absolute atomic E-state index is 12.3. The maximum atomic E-state index is 12.3. The number of likely N-dealkylation sites (N-methyl/N-ethyl adjacent to an activating group) is 1. The fraction of sp³-hybridized carbons (Fsp3) is 0.939. The smallest absolute Gasteiger partial charge is 0.306 e. The Morgan fingerprint density at radius 1 is 0.674 bits per heavy atom. The van der Waals surface area contributed by atoms with Crippen LogP contribution >= 0.6 is 7.82 Å². The quantitative estimate of drug-likeness (QED) is 0.0327. The zero-order valence-corrected chi connectivity index (χ0v) is 29.3. The fourth-order valence-electron chi connectivity index (χ4n) is 4.73. The van der Waals surface area contributed by atoms with Crippen molar-refractivity contribution in [2.75, 3.05) is 47.5 Å². The summed E-state index contributed by atoms with van der Waals surface area (Å²) in [6, 6.07) is 0. The van der Waals surface area contributed by atoms with Crippen LogP contribution in [0.2, 0.25) is 0 Å². The Labute approximate surface area is 264 Å². The Balaban J connectivity index is 3.81. The van der Waals surface area contributed by atoms with Crippen molar-refractivity contribution in [3.8, 4) is 0 Å². The van der Waals surface area contributed by atoms with Gasteiger partial charge in [-0.3, -0.25) is 14.2 Å². The molecule has 0 bridgehead atoms. The third-order valence-corrected chi connectivity index (χ3v) is 8.40. The molecule has 2 atom stereocenters. The summed E-state index contributed by atoms with van der Waals surface area (Å²) in [5.41, 5.74) is 0. The molecule has 43 heavy (non-hydrogen) atoms. The van der Waals surface area contributed by atoms with E-state index in [1.54, 1.807) is 0 Å². The van der Waals surface area contributed by atoms with Gasteiger partial charge in [0.25, 0.3) is 7.82 Å². The molecule has 0 aliphatic rings. The number of esters is 2. The average molecular weight is 636 g/mol. The molecule has 256 valence electrons. The number of carbonyl (C=O) groups excluding carboxylic acids is 2. The number of nitrogens with zero attached hydrogens (tertiary/aromatic N) is 1. The molecule has 0 fully saturated rings. The van der Waals surface area contributed by atoms with E-state index in [1.807, 2.05) is 21.1 Å². The zero-order chi connectivity index (χ0) is 32.2. The zero-order valence-electron chi connectivity index (χ0n) is 28.4. The van der Waals surface area contributed by atoms with E-state index in [1.165, 1.54) is 116 Å². The van der Waals surface area contributed by atoms with E-state index >= 15 is 0 Å². The van der Waals surface area contributed by atoms with Crippen LogP contribution < -0.4 is 4.89 Å². The number of hydrogen-bond donors (Lipinski definition) is 0. The molecule has 10 heteroatoms. The van der Waals surface area contributed by atoms with E-state index in [0.29, 0.717) is 17.4 Å². The summed E-state index contributed by atoms with van der Waals surface area (Å²) in [7, 11) is 1.16. The van der Waals surface area contributed by atoms with Gasteiger partial charge in [0.05, 0.1) is 27.7 Å². The standard InChI is InChI=1S/C33H66NO8P/c1-6-7-8-9-10-11-12-13-14-15-16-17-18-19-20-21-22-23-24-25-26-33(36)42-32(29-39-31(2)35)30-41-43(37,38)40-28-27-34(3,4)5/h32H,6-30H2,1-5H3. The highest BCUT2D eigenvalue weighted by molar-refractivity contribution is 7.45. The topological polar surface area (TPSA) is 111 Å². The molecule has 0 N–H and O–H groups in total. The molecule has 0 aliphatic carbocycles. The average Bonchev–Trinajstić information content (AvgIpc) is 2.92. The number of hydrogen-bond acceptors (Lipinski definition) is 8. The first-order valence-corrected chi connectivity index (χ1v) is 18.6. The summed E-state index contributed by atoms with van der Waals surface area (Å²) in [5.74, 6) is -1.02. The lowest BCUT2D eigenvalue weighted by molar-refractivity contribution is -0.870. The molecule has 0 aromatic rings. The van der Waals surface area contributed by atoms with Crippen molar-refractivity contribution in [1.82, 2.24) is 0 Å². The highest BCUT2D eigenvalue weighted by Gasteiger charge is 2.21. The Kier molecular flexibility index (Phi) is 26.7. The number of carbonyl (C=O) groups is 2. The molecule has 0 heterocycles. The van der Waals surface area contributed by atoms with Gasteiger partial charge in [-0.15, -0.1) is 0 Å². The normalized spacial score (nSPS) is 13.9. The van der Waals surface area contributed by atoms with Gasteiger partial charge in [0.15, 0.2) is 6.10 Å². The largest absolute Gasteiger partial charge is 0.756 e. The van der Waals surface area contributed by atoms with Crippen molar-refractivity contribution in [2.45, 2.75) is 155 Å². The third kappa shape index (κ3) is 32.2. The van der Waals surface area contributed by atoms with E-state index in [9.17, 15) is 19.0 Å². The predicted octanol–water partition coefficient (Wildman–Crippen LogP) is 7.88. The predicted molar refractivity (Wildman–Crippen MR) is 172 cm³/mol. The van der Waals surface area contributed by atoms with Crippen molar-refractivity contribution in [3.05, 3.63) is 0 Å². The minimum atomic E-state index is -4.57. The lowest BCUT2D eigenvalue weighted by Crippen LogP contribution is -2.37. The van der Waals surface area contributed by atoms with Crippen LogP contribution in [0, 0.1) is 0 Å². The summed E-state index contributed by atoms with van der Waals surface area (Å²) in [6.45, 7) is 3.20. The minimum Gasteiger partial charge on any atom is -0.756 e. The summed E-state index contributed by atoms with van der Waals surface area (Å²) in [4.78, 5) is 35.5. The van der Waals surface area contributed by atoms with Gasteiger partial charge in [0, 0.05) is 13.3 Å². The molecule has 0 radical (unpaired) electrons. The molecule has 0 rings (SSSR count). The molecular weight excluding hydrogens is 569 g/mol. The van der Waals surface area contributed by atoms with E-state index in [0.717, 1.165) is 12.8 Å². The highest BCUT2D eigenvalue weighted by atomic mass is 31.2. The van der Waals surface area contributed by atoms with Gasteiger partial charge >= 0.3 is 11.9 Å². The summed E-state index contributed by atoms with van der Waals surface area (Å²) in [5, 5.41) is 0. The monoisotopic (exact) mass is 635 g/mol. The Morgan fingerprint density at radius 2 is 1.09 bits per heavy atom. The number of rotatable bonds is 31. The molecule has 9 nitrogen and oxygen atoms in total. The van der Waals surface area contributed by atoms with Crippen LogP contribution in [0.5, 0.6) is 0 Å². The molecule has 0 spiro atoms. The van der Waals surface area contributed by atoms with Crippen molar-refractivity contribution in [3.63, 3.8) is 0 Å². The van der Waals surface area contributed by atoms with Crippen LogP contribution in [-0.2, 0) is 32.7 Å². The van der Waals surface area contributed by atoms with Gasteiger partial charge in [-0.2, -0.15) is 0 Å². The summed E-state index contributed by atoms with van der Waals surface area (Å²) in [6.07, 6.45) is 25.0. The van der Waals surface area contributed by atoms with Gasteiger partial charge < -0.3 is 27.9 Å². The van der Waals surface area contributed by atoms with Crippen molar-refractivity contribution in [1.29, 1.82) is 0 Å². The lowest BCUT2D eigenvalue weighted by Gasteiger charge is -2.28. The first-order chi connectivity index (χ1) is 20.4. The Bertz CT molecular complexity index is 728. The SMILES string of the molecule is CCCCCCCCCCCCCCCCCCCCCCC(=O)OC(COC(C)=O)COP(=O)([O-])OCC[N+](C)(C)C. The van der Waals surface area contributed by atoms with E-state index in [-0.39, 0.29) is 19.6 Å². The number of phosphoric ester groups is 1. The molecule has 0 aliphatic heterocycles. The van der Waals surface area contributed by atoms with Crippen LogP contribution in [-0.4, -0.2) is 70.0 Å². The molecule has 0 saturated heterocycles. The molecular formula is C33H66NO8P. The second-order valence-electron chi connectivity index (χ2n) is 13.0. The lowest BCUT2D eigenvalue weighted by atomic mass is 10.0. The summed E-state index contributed by atoms with van der Waals surface area (Å²) < 4.78 is 32.6. The van der Waals surface area contributed by atoms with Gasteiger partial charge in [-0.1, -0.05) is 129 Å². The fourth-order valence-corrected chi connectivity index (χ4v) is 5.46. The number of unbranched alkanes of at least 4 members (excludes halogenated alkanes) is 19. The molecule has 0 aromatic carbocycles.